The van der Waals surface area contributed by atoms with E-state index in [2.05, 4.69) is 4.74 Å². The van der Waals surface area contributed by atoms with Gasteiger partial charge in [-0.1, -0.05) is 18.9 Å². The Labute approximate surface area is 107 Å². The van der Waals surface area contributed by atoms with Crippen LogP contribution in [0.25, 0.3) is 0 Å². The Morgan fingerprint density at radius 1 is 1.21 bits per heavy atom. The van der Waals surface area contributed by atoms with E-state index in [1.54, 1.807) is 0 Å². The summed E-state index contributed by atoms with van der Waals surface area (Å²) in [7, 11) is 0. The van der Waals surface area contributed by atoms with Crippen LogP contribution in [-0.2, 0) is 0 Å². The van der Waals surface area contributed by atoms with Crippen molar-refractivity contribution in [2.45, 2.75) is 32.0 Å². The highest BCUT2D eigenvalue weighted by molar-refractivity contribution is 5.98. The van der Waals surface area contributed by atoms with E-state index in [4.69, 9.17) is 0 Å². The smallest absolute Gasteiger partial charge is 0.403 e. The number of hydrogen-bond acceptors (Lipinski definition) is 2. The maximum absolute atomic E-state index is 13.9. The van der Waals surface area contributed by atoms with Crippen LogP contribution in [0.3, 0.4) is 0 Å². The number of Topliss-reactive ketones (excluding diaryl/α,β-unsaturated/α-hetero) is 1. The molecule has 0 aliphatic heterocycles. The molecule has 1 aliphatic carbocycles. The SMILES string of the molecule is O=C(c1cccc(OC(F)(F)F)c1F)C1CCCC1. The highest BCUT2D eigenvalue weighted by atomic mass is 19.4. The second kappa shape index (κ2) is 5.19. The van der Waals surface area contributed by atoms with E-state index in [9.17, 15) is 22.4 Å². The number of ketones is 1. The average Bonchev–Trinajstić information content (AvgIpc) is 2.83. The summed E-state index contributed by atoms with van der Waals surface area (Å²) in [5, 5.41) is 0. The fraction of sp³-hybridized carbons (Fsp3) is 0.462. The summed E-state index contributed by atoms with van der Waals surface area (Å²) in [5.74, 6) is -2.94. The molecule has 0 N–H and O–H groups in total. The van der Waals surface area contributed by atoms with Crippen LogP contribution in [0.1, 0.15) is 36.0 Å². The molecule has 0 atom stereocenters. The Morgan fingerprint density at radius 3 is 2.42 bits per heavy atom. The maximum Gasteiger partial charge on any atom is 0.573 e. The molecule has 104 valence electrons. The van der Waals surface area contributed by atoms with Gasteiger partial charge in [-0.3, -0.25) is 4.79 Å². The molecule has 2 rings (SSSR count). The highest BCUT2D eigenvalue weighted by Gasteiger charge is 2.34. The van der Waals surface area contributed by atoms with Gasteiger partial charge in [0, 0.05) is 5.92 Å². The number of hydrogen-bond donors (Lipinski definition) is 0. The number of alkyl halides is 3. The van der Waals surface area contributed by atoms with Crippen molar-refractivity contribution < 1.29 is 27.1 Å². The third-order valence-corrected chi connectivity index (χ3v) is 3.18. The lowest BCUT2D eigenvalue weighted by molar-refractivity contribution is -0.275. The standard InChI is InChI=1S/C13H12F4O2/c14-11-9(12(18)8-4-1-2-5-8)6-3-7-10(11)19-13(15,16)17/h3,6-8H,1-2,4-5H2. The lowest BCUT2D eigenvalue weighted by Gasteiger charge is -2.13. The van der Waals surface area contributed by atoms with E-state index < -0.39 is 23.7 Å². The summed E-state index contributed by atoms with van der Waals surface area (Å²) in [4.78, 5) is 12.0. The molecule has 0 heterocycles. The quantitative estimate of drug-likeness (QED) is 0.613. The second-order valence-corrected chi connectivity index (χ2v) is 4.51. The van der Waals surface area contributed by atoms with Crippen molar-refractivity contribution in [2.75, 3.05) is 0 Å². The van der Waals surface area contributed by atoms with Crippen molar-refractivity contribution in [1.82, 2.24) is 0 Å². The first kappa shape index (κ1) is 13.8. The van der Waals surface area contributed by atoms with Gasteiger partial charge in [0.25, 0.3) is 0 Å². The molecule has 6 heteroatoms. The fourth-order valence-electron chi connectivity index (χ4n) is 2.31. The molecular weight excluding hydrogens is 264 g/mol. The molecule has 0 unspecified atom stereocenters. The van der Waals surface area contributed by atoms with E-state index in [1.165, 1.54) is 12.1 Å². The molecule has 0 saturated heterocycles. The zero-order valence-electron chi connectivity index (χ0n) is 9.97. The first-order valence-electron chi connectivity index (χ1n) is 5.97. The van der Waals surface area contributed by atoms with E-state index in [0.29, 0.717) is 12.8 Å². The van der Waals surface area contributed by atoms with E-state index in [1.807, 2.05) is 0 Å². The zero-order chi connectivity index (χ0) is 14.0. The third-order valence-electron chi connectivity index (χ3n) is 3.18. The van der Waals surface area contributed by atoms with Gasteiger partial charge in [0.2, 0.25) is 0 Å². The second-order valence-electron chi connectivity index (χ2n) is 4.51. The Bertz CT molecular complexity index is 476. The van der Waals surface area contributed by atoms with Crippen LogP contribution in [0, 0.1) is 11.7 Å². The first-order chi connectivity index (χ1) is 8.88. The van der Waals surface area contributed by atoms with Gasteiger partial charge in [0.1, 0.15) is 0 Å². The largest absolute Gasteiger partial charge is 0.573 e. The van der Waals surface area contributed by atoms with Crippen molar-refractivity contribution in [3.8, 4) is 5.75 Å². The van der Waals surface area contributed by atoms with Crippen LogP contribution in [0.4, 0.5) is 17.6 Å². The van der Waals surface area contributed by atoms with Crippen LogP contribution >= 0.6 is 0 Å². The summed E-state index contributed by atoms with van der Waals surface area (Å²) in [6, 6.07) is 3.24. The van der Waals surface area contributed by atoms with Crippen molar-refractivity contribution in [2.24, 2.45) is 5.92 Å². The van der Waals surface area contributed by atoms with Gasteiger partial charge in [-0.15, -0.1) is 13.2 Å². The maximum atomic E-state index is 13.9. The van der Waals surface area contributed by atoms with Gasteiger partial charge in [0.05, 0.1) is 5.56 Å². The fourth-order valence-corrected chi connectivity index (χ4v) is 2.31. The van der Waals surface area contributed by atoms with Crippen LogP contribution in [0.15, 0.2) is 18.2 Å². The molecule has 0 amide bonds. The van der Waals surface area contributed by atoms with Gasteiger partial charge in [-0.25, -0.2) is 4.39 Å². The third kappa shape index (κ3) is 3.24. The predicted octanol–water partition coefficient (Wildman–Crippen LogP) is 4.10. The van der Waals surface area contributed by atoms with Crippen molar-refractivity contribution in [3.05, 3.63) is 29.6 Å². The van der Waals surface area contributed by atoms with Crippen LogP contribution in [0.5, 0.6) is 5.75 Å². The number of rotatable bonds is 3. The molecule has 19 heavy (non-hydrogen) atoms. The Morgan fingerprint density at radius 2 is 1.84 bits per heavy atom. The summed E-state index contributed by atoms with van der Waals surface area (Å²) in [6.45, 7) is 0. The van der Waals surface area contributed by atoms with Gasteiger partial charge < -0.3 is 4.74 Å². The van der Waals surface area contributed by atoms with Crippen molar-refractivity contribution in [3.63, 3.8) is 0 Å². The van der Waals surface area contributed by atoms with Crippen molar-refractivity contribution in [1.29, 1.82) is 0 Å². The summed E-state index contributed by atoms with van der Waals surface area (Å²) in [6.07, 6.45) is -1.89. The molecule has 1 saturated carbocycles. The molecule has 0 spiro atoms. The Kier molecular flexibility index (Phi) is 3.78. The molecule has 2 nitrogen and oxygen atoms in total. The first-order valence-corrected chi connectivity index (χ1v) is 5.97. The zero-order valence-corrected chi connectivity index (χ0v) is 9.97. The molecule has 1 aromatic rings. The van der Waals surface area contributed by atoms with Gasteiger partial charge in [-0.05, 0) is 25.0 Å². The summed E-state index contributed by atoms with van der Waals surface area (Å²) >= 11 is 0. The minimum Gasteiger partial charge on any atom is -0.403 e. The van der Waals surface area contributed by atoms with E-state index in [0.717, 1.165) is 18.9 Å². The lowest BCUT2D eigenvalue weighted by Crippen LogP contribution is -2.19. The number of carbonyl (C=O) groups excluding carboxylic acids is 1. The molecule has 0 radical (unpaired) electrons. The minimum absolute atomic E-state index is 0.296. The van der Waals surface area contributed by atoms with E-state index in [-0.39, 0.29) is 11.5 Å². The molecular formula is C13H12F4O2. The monoisotopic (exact) mass is 276 g/mol. The van der Waals surface area contributed by atoms with E-state index >= 15 is 0 Å². The predicted molar refractivity (Wildman–Crippen MR) is 59.4 cm³/mol. The number of carbonyl (C=O) groups is 1. The topological polar surface area (TPSA) is 26.3 Å². The van der Waals surface area contributed by atoms with Crippen molar-refractivity contribution >= 4 is 5.78 Å². The molecule has 1 aromatic carbocycles. The van der Waals surface area contributed by atoms with Crippen LogP contribution in [-0.4, -0.2) is 12.1 Å². The summed E-state index contributed by atoms with van der Waals surface area (Å²) in [5.41, 5.74) is -0.325. The van der Waals surface area contributed by atoms with Gasteiger partial charge in [-0.2, -0.15) is 0 Å². The van der Waals surface area contributed by atoms with Gasteiger partial charge >= 0.3 is 6.36 Å². The van der Waals surface area contributed by atoms with Crippen LogP contribution in [0.2, 0.25) is 0 Å². The number of halogens is 4. The highest BCUT2D eigenvalue weighted by Crippen LogP contribution is 2.32. The summed E-state index contributed by atoms with van der Waals surface area (Å²) < 4.78 is 53.7. The molecule has 1 fully saturated rings. The molecule has 0 bridgehead atoms. The van der Waals surface area contributed by atoms with Crippen LogP contribution < -0.4 is 4.74 Å². The Balaban J connectivity index is 2.26. The lowest BCUT2D eigenvalue weighted by atomic mass is 9.96. The molecule has 1 aliphatic rings. The average molecular weight is 276 g/mol. The van der Waals surface area contributed by atoms with Gasteiger partial charge in [0.15, 0.2) is 17.3 Å². The number of benzene rings is 1. The minimum atomic E-state index is -4.98. The molecule has 0 aromatic heterocycles. The number of ether oxygens (including phenoxy) is 1. The normalized spacial score (nSPS) is 16.6. The Hall–Kier alpha value is -1.59.